The lowest BCUT2D eigenvalue weighted by Gasteiger charge is -2.34. The van der Waals surface area contributed by atoms with E-state index in [-0.39, 0.29) is 19.4 Å². The molecule has 4 N–H and O–H groups in total. The maximum absolute atomic E-state index is 14.1. The highest BCUT2D eigenvalue weighted by Gasteiger charge is 2.37. The van der Waals surface area contributed by atoms with Gasteiger partial charge in [-0.05, 0) is 69.5 Å². The number of hydrogen-bond acceptors (Lipinski definition) is 6. The summed E-state index contributed by atoms with van der Waals surface area (Å²) >= 11 is 0. The Morgan fingerprint density at radius 1 is 1.07 bits per heavy atom. The standard InChI is InChI=1S/C30H38N4O6/c1-7-19-34(28(37)24(17-18-25(31)35)33-29(38)40-30(3,4)5)26(23-12-10-9-11-20(23)8-2)27(36)32-21-13-15-22(39-6)16-14-21/h2,9-16,24,26H,7,17-19H2,1,3-6H3,(H2,31,35)(H,32,36)(H,33,38). The second-order valence-electron chi connectivity index (χ2n) is 10.1. The molecule has 2 aromatic carbocycles. The van der Waals surface area contributed by atoms with Crippen LogP contribution in [0.5, 0.6) is 5.75 Å². The Kier molecular flexibility index (Phi) is 11.6. The van der Waals surface area contributed by atoms with Crippen LogP contribution in [0.25, 0.3) is 0 Å². The van der Waals surface area contributed by atoms with Crippen molar-refractivity contribution in [2.45, 2.75) is 64.6 Å². The number of amides is 4. The van der Waals surface area contributed by atoms with Gasteiger partial charge in [0.15, 0.2) is 0 Å². The molecule has 214 valence electrons. The first-order valence-corrected chi connectivity index (χ1v) is 13.0. The van der Waals surface area contributed by atoms with Gasteiger partial charge >= 0.3 is 6.09 Å². The van der Waals surface area contributed by atoms with E-state index in [0.717, 1.165) is 0 Å². The molecule has 0 fully saturated rings. The van der Waals surface area contributed by atoms with Crippen LogP contribution < -0.4 is 21.1 Å². The van der Waals surface area contributed by atoms with Crippen LogP contribution in [0.4, 0.5) is 10.5 Å². The van der Waals surface area contributed by atoms with Crippen molar-refractivity contribution in [3.8, 4) is 18.1 Å². The molecule has 0 spiro atoms. The third-order valence-electron chi connectivity index (χ3n) is 5.74. The molecule has 0 aliphatic carbocycles. The van der Waals surface area contributed by atoms with Crippen LogP contribution in [-0.4, -0.2) is 54.0 Å². The van der Waals surface area contributed by atoms with E-state index in [2.05, 4.69) is 16.6 Å². The van der Waals surface area contributed by atoms with E-state index in [9.17, 15) is 19.2 Å². The summed E-state index contributed by atoms with van der Waals surface area (Å²) in [5, 5.41) is 5.41. The number of nitrogens with zero attached hydrogens (tertiary/aromatic N) is 1. The number of carbonyl (C=O) groups is 4. The zero-order valence-corrected chi connectivity index (χ0v) is 23.7. The summed E-state index contributed by atoms with van der Waals surface area (Å²) in [5.74, 6) is 1.46. The summed E-state index contributed by atoms with van der Waals surface area (Å²) in [5.41, 5.74) is 5.87. The summed E-state index contributed by atoms with van der Waals surface area (Å²) < 4.78 is 10.5. The lowest BCUT2D eigenvalue weighted by Crippen LogP contribution is -2.53. The number of benzene rings is 2. The van der Waals surface area contributed by atoms with Crippen molar-refractivity contribution >= 4 is 29.5 Å². The van der Waals surface area contributed by atoms with Crippen LogP contribution in [0.1, 0.15) is 64.1 Å². The molecule has 0 radical (unpaired) electrons. The highest BCUT2D eigenvalue weighted by Crippen LogP contribution is 2.28. The minimum Gasteiger partial charge on any atom is -0.497 e. The van der Waals surface area contributed by atoms with Crippen molar-refractivity contribution in [3.63, 3.8) is 0 Å². The Morgan fingerprint density at radius 2 is 1.73 bits per heavy atom. The normalized spacial score (nSPS) is 12.3. The molecule has 0 bridgehead atoms. The monoisotopic (exact) mass is 550 g/mol. The van der Waals surface area contributed by atoms with Gasteiger partial charge in [-0.1, -0.05) is 31.0 Å². The fourth-order valence-corrected chi connectivity index (χ4v) is 4.00. The molecule has 4 amide bonds. The van der Waals surface area contributed by atoms with Crippen LogP contribution >= 0.6 is 0 Å². The van der Waals surface area contributed by atoms with E-state index in [0.29, 0.717) is 29.0 Å². The average Bonchev–Trinajstić information content (AvgIpc) is 2.90. The maximum Gasteiger partial charge on any atom is 0.408 e. The first-order chi connectivity index (χ1) is 18.9. The van der Waals surface area contributed by atoms with E-state index < -0.39 is 41.5 Å². The molecule has 0 saturated carbocycles. The Bertz CT molecular complexity index is 1230. The second kappa shape index (κ2) is 14.6. The van der Waals surface area contributed by atoms with E-state index in [4.69, 9.17) is 21.6 Å². The molecule has 0 saturated heterocycles. The van der Waals surface area contributed by atoms with Crippen LogP contribution in [0, 0.1) is 12.3 Å². The largest absolute Gasteiger partial charge is 0.497 e. The Labute approximate surface area is 235 Å². The number of carbonyl (C=O) groups excluding carboxylic acids is 4. The highest BCUT2D eigenvalue weighted by molar-refractivity contribution is 5.99. The molecule has 2 rings (SSSR count). The Balaban J connectivity index is 2.55. The van der Waals surface area contributed by atoms with Crippen molar-refractivity contribution in [3.05, 3.63) is 59.7 Å². The van der Waals surface area contributed by atoms with Gasteiger partial charge in [0, 0.05) is 24.2 Å². The first kappa shape index (κ1) is 31.7. The summed E-state index contributed by atoms with van der Waals surface area (Å²) in [7, 11) is 1.54. The van der Waals surface area contributed by atoms with Crippen molar-refractivity contribution in [1.82, 2.24) is 10.2 Å². The SMILES string of the molecule is C#Cc1ccccc1C(C(=O)Nc1ccc(OC)cc1)N(CCC)C(=O)C(CCC(N)=O)NC(=O)OC(C)(C)C. The van der Waals surface area contributed by atoms with Crippen LogP contribution in [-0.2, 0) is 19.1 Å². The van der Waals surface area contributed by atoms with Crippen LogP contribution in [0.2, 0.25) is 0 Å². The minimum absolute atomic E-state index is 0.0861. The molecule has 0 aliphatic rings. The van der Waals surface area contributed by atoms with E-state index in [1.165, 1.54) is 12.0 Å². The number of nitrogens with one attached hydrogen (secondary N) is 2. The van der Waals surface area contributed by atoms with Crippen molar-refractivity contribution < 1.29 is 28.7 Å². The molecule has 10 heteroatoms. The first-order valence-electron chi connectivity index (χ1n) is 13.0. The van der Waals surface area contributed by atoms with Gasteiger partial charge < -0.3 is 30.7 Å². The smallest absolute Gasteiger partial charge is 0.408 e. The lowest BCUT2D eigenvalue weighted by molar-refractivity contribution is -0.141. The van der Waals surface area contributed by atoms with Gasteiger partial charge in [-0.3, -0.25) is 14.4 Å². The quantitative estimate of drug-likeness (QED) is 0.344. The van der Waals surface area contributed by atoms with Gasteiger partial charge in [-0.25, -0.2) is 4.79 Å². The predicted octanol–water partition coefficient (Wildman–Crippen LogP) is 3.75. The summed E-state index contributed by atoms with van der Waals surface area (Å²) in [6.07, 6.45) is 5.16. The molecular formula is C30H38N4O6. The number of nitrogens with two attached hydrogens (primary N) is 1. The van der Waals surface area contributed by atoms with E-state index in [1.54, 1.807) is 69.3 Å². The van der Waals surface area contributed by atoms with E-state index in [1.807, 2.05) is 6.92 Å². The van der Waals surface area contributed by atoms with Gasteiger partial charge in [0.2, 0.25) is 11.8 Å². The molecule has 40 heavy (non-hydrogen) atoms. The van der Waals surface area contributed by atoms with Crippen LogP contribution in [0.15, 0.2) is 48.5 Å². The fraction of sp³-hybridized carbons (Fsp3) is 0.400. The Morgan fingerprint density at radius 3 is 2.27 bits per heavy atom. The molecule has 0 aromatic heterocycles. The molecule has 2 unspecified atom stereocenters. The maximum atomic E-state index is 14.1. The van der Waals surface area contributed by atoms with Crippen molar-refractivity contribution in [2.75, 3.05) is 19.0 Å². The third kappa shape index (κ3) is 9.34. The number of primary amides is 1. The summed E-state index contributed by atoms with van der Waals surface area (Å²) in [4.78, 5) is 53.5. The lowest BCUT2D eigenvalue weighted by atomic mass is 9.96. The second-order valence-corrected chi connectivity index (χ2v) is 10.1. The van der Waals surface area contributed by atoms with Crippen LogP contribution in [0.3, 0.4) is 0 Å². The number of rotatable bonds is 12. The molecule has 0 aliphatic heterocycles. The molecule has 0 heterocycles. The van der Waals surface area contributed by atoms with Gasteiger partial charge in [-0.2, -0.15) is 0 Å². The highest BCUT2D eigenvalue weighted by atomic mass is 16.6. The number of methoxy groups -OCH3 is 1. The zero-order chi connectivity index (χ0) is 29.9. The van der Waals surface area contributed by atoms with Gasteiger partial charge in [0.05, 0.1) is 7.11 Å². The molecule has 2 aromatic rings. The van der Waals surface area contributed by atoms with E-state index >= 15 is 0 Å². The summed E-state index contributed by atoms with van der Waals surface area (Å²) in [6, 6.07) is 11.2. The topological polar surface area (TPSA) is 140 Å². The average molecular weight is 551 g/mol. The van der Waals surface area contributed by atoms with Gasteiger partial charge in [0.1, 0.15) is 23.4 Å². The number of hydrogen-bond donors (Lipinski definition) is 3. The number of ether oxygens (including phenoxy) is 2. The third-order valence-corrected chi connectivity index (χ3v) is 5.74. The Hall–Kier alpha value is -4.52. The van der Waals surface area contributed by atoms with Gasteiger partial charge in [0.25, 0.3) is 5.91 Å². The predicted molar refractivity (Wildman–Crippen MR) is 152 cm³/mol. The zero-order valence-electron chi connectivity index (χ0n) is 23.7. The number of anilines is 1. The van der Waals surface area contributed by atoms with Crippen molar-refractivity contribution in [2.24, 2.45) is 5.73 Å². The van der Waals surface area contributed by atoms with Crippen molar-refractivity contribution in [1.29, 1.82) is 0 Å². The van der Waals surface area contributed by atoms with Gasteiger partial charge in [-0.15, -0.1) is 6.42 Å². The summed E-state index contributed by atoms with van der Waals surface area (Å²) in [6.45, 7) is 7.07. The minimum atomic E-state index is -1.19. The number of terminal acetylenes is 1. The number of alkyl carbamates (subject to hydrolysis) is 1. The fourth-order valence-electron chi connectivity index (χ4n) is 4.00. The molecular weight excluding hydrogens is 512 g/mol. The molecule has 2 atom stereocenters. The molecule has 10 nitrogen and oxygen atoms in total.